The molecule has 1 aromatic rings. The van der Waals surface area contributed by atoms with Gasteiger partial charge in [0.15, 0.2) is 0 Å². The number of carbonyl (C=O) groups is 2. The Balaban J connectivity index is 2.66. The Labute approximate surface area is 110 Å². The second-order valence-corrected chi connectivity index (χ2v) is 4.09. The molecular weight excluding hydrogens is 250 g/mol. The minimum atomic E-state index is -1.05. The van der Waals surface area contributed by atoms with Crippen LogP contribution in [0.2, 0.25) is 0 Å². The summed E-state index contributed by atoms with van der Waals surface area (Å²) in [7, 11) is 0. The van der Waals surface area contributed by atoms with Crippen molar-refractivity contribution in [2.45, 2.75) is 26.8 Å². The molecule has 3 N–H and O–H groups in total. The Bertz CT molecular complexity index is 542. The third-order valence-electron chi connectivity index (χ3n) is 2.69. The molecule has 0 aliphatic rings. The number of carbonyl (C=O) groups excluding carboxylic acids is 1. The fourth-order valence-corrected chi connectivity index (χ4v) is 1.35. The van der Waals surface area contributed by atoms with Crippen LogP contribution in [0.1, 0.15) is 23.8 Å². The predicted octanol–water partition coefficient (Wildman–Crippen LogP) is 0.769. The molecule has 7 nitrogen and oxygen atoms in total. The number of hydrogen-bond donors (Lipinski definition) is 3. The average Bonchev–Trinajstić information content (AvgIpc) is 2.61. The Morgan fingerprint density at radius 1 is 1.47 bits per heavy atom. The Hall–Kier alpha value is -2.33. The van der Waals surface area contributed by atoms with Gasteiger partial charge in [0.25, 0.3) is 0 Å². The number of carboxylic acids is 1. The normalized spacial score (nSPS) is 11.7. The van der Waals surface area contributed by atoms with E-state index in [1.165, 1.54) is 6.92 Å². The standard InChI is InChI=1S/C12H15N3O4/c1-6-8(3)19-11(9(6)4-13)15-10(16)5-14-7(2)12(17)18/h7,14H,5H2,1-3H3,(H,15,16)(H,17,18). The summed E-state index contributed by atoms with van der Waals surface area (Å²) in [5.74, 6) is -0.875. The van der Waals surface area contributed by atoms with E-state index in [2.05, 4.69) is 10.6 Å². The van der Waals surface area contributed by atoms with Crippen molar-refractivity contribution in [1.82, 2.24) is 5.32 Å². The summed E-state index contributed by atoms with van der Waals surface area (Å²) in [5, 5.41) is 22.6. The van der Waals surface area contributed by atoms with E-state index in [4.69, 9.17) is 14.8 Å². The highest BCUT2D eigenvalue weighted by molar-refractivity contribution is 5.92. The molecule has 0 saturated heterocycles. The third-order valence-corrected chi connectivity index (χ3v) is 2.69. The van der Waals surface area contributed by atoms with Crippen molar-refractivity contribution in [2.75, 3.05) is 11.9 Å². The van der Waals surface area contributed by atoms with E-state index in [1.807, 2.05) is 6.07 Å². The molecule has 0 saturated carbocycles. The molecule has 0 radical (unpaired) electrons. The summed E-state index contributed by atoms with van der Waals surface area (Å²) in [6.45, 7) is 4.66. The van der Waals surface area contributed by atoms with Crippen LogP contribution in [-0.4, -0.2) is 29.6 Å². The number of rotatable bonds is 5. The second-order valence-electron chi connectivity index (χ2n) is 4.09. The largest absolute Gasteiger partial charge is 0.480 e. The molecule has 1 heterocycles. The van der Waals surface area contributed by atoms with Gasteiger partial charge in [0.05, 0.1) is 6.54 Å². The average molecular weight is 265 g/mol. The van der Waals surface area contributed by atoms with Gasteiger partial charge in [-0.2, -0.15) is 5.26 Å². The third kappa shape index (κ3) is 3.56. The molecule has 0 aliphatic carbocycles. The second kappa shape index (κ2) is 6.02. The summed E-state index contributed by atoms with van der Waals surface area (Å²) in [5.41, 5.74) is 0.946. The SMILES string of the molecule is Cc1oc(NC(=O)CNC(C)C(=O)O)c(C#N)c1C. The van der Waals surface area contributed by atoms with Crippen LogP contribution < -0.4 is 10.6 Å². The highest BCUT2D eigenvalue weighted by Crippen LogP contribution is 2.24. The fraction of sp³-hybridized carbons (Fsp3) is 0.417. The van der Waals surface area contributed by atoms with Gasteiger partial charge in [-0.25, -0.2) is 0 Å². The van der Waals surface area contributed by atoms with Crippen molar-refractivity contribution in [3.63, 3.8) is 0 Å². The smallest absolute Gasteiger partial charge is 0.320 e. The molecule has 19 heavy (non-hydrogen) atoms. The van der Waals surface area contributed by atoms with Gasteiger partial charge in [-0.1, -0.05) is 0 Å². The maximum Gasteiger partial charge on any atom is 0.320 e. The zero-order valence-corrected chi connectivity index (χ0v) is 10.9. The topological polar surface area (TPSA) is 115 Å². The molecule has 1 aromatic heterocycles. The predicted molar refractivity (Wildman–Crippen MR) is 66.6 cm³/mol. The molecule has 0 aromatic carbocycles. The van der Waals surface area contributed by atoms with Crippen molar-refractivity contribution >= 4 is 17.8 Å². The number of nitriles is 1. The molecule has 0 bridgehead atoms. The lowest BCUT2D eigenvalue weighted by Gasteiger charge is -2.08. The number of aryl methyl sites for hydroxylation is 1. The summed E-state index contributed by atoms with van der Waals surface area (Å²) < 4.78 is 5.26. The van der Waals surface area contributed by atoms with Crippen molar-refractivity contribution in [3.8, 4) is 6.07 Å². The van der Waals surface area contributed by atoms with Gasteiger partial charge in [0.2, 0.25) is 11.8 Å². The van der Waals surface area contributed by atoms with Gasteiger partial charge in [0.1, 0.15) is 23.4 Å². The Morgan fingerprint density at radius 3 is 2.63 bits per heavy atom. The van der Waals surface area contributed by atoms with Gasteiger partial charge < -0.3 is 9.52 Å². The number of nitrogens with one attached hydrogen (secondary N) is 2. The lowest BCUT2D eigenvalue weighted by molar-refractivity contribution is -0.139. The van der Waals surface area contributed by atoms with Gasteiger partial charge in [0, 0.05) is 5.56 Å². The van der Waals surface area contributed by atoms with Crippen LogP contribution >= 0.6 is 0 Å². The van der Waals surface area contributed by atoms with Gasteiger partial charge in [-0.3, -0.25) is 20.2 Å². The molecule has 1 amide bonds. The van der Waals surface area contributed by atoms with E-state index in [9.17, 15) is 9.59 Å². The molecule has 0 spiro atoms. The first-order valence-corrected chi connectivity index (χ1v) is 5.63. The van der Waals surface area contributed by atoms with Crippen LogP contribution in [0.5, 0.6) is 0 Å². The van der Waals surface area contributed by atoms with Crippen molar-refractivity contribution in [1.29, 1.82) is 5.26 Å². The number of amides is 1. The highest BCUT2D eigenvalue weighted by atomic mass is 16.4. The van der Waals surface area contributed by atoms with E-state index in [-0.39, 0.29) is 18.0 Å². The first-order chi connectivity index (χ1) is 8.86. The molecule has 0 fully saturated rings. The lowest BCUT2D eigenvalue weighted by atomic mass is 10.2. The molecule has 1 atom stereocenters. The fourth-order valence-electron chi connectivity index (χ4n) is 1.35. The maximum absolute atomic E-state index is 11.6. The highest BCUT2D eigenvalue weighted by Gasteiger charge is 2.17. The summed E-state index contributed by atoms with van der Waals surface area (Å²) in [4.78, 5) is 22.2. The van der Waals surface area contributed by atoms with Crippen molar-refractivity contribution in [2.24, 2.45) is 0 Å². The molecule has 7 heteroatoms. The van der Waals surface area contributed by atoms with Crippen molar-refractivity contribution in [3.05, 3.63) is 16.9 Å². The first kappa shape index (κ1) is 14.7. The van der Waals surface area contributed by atoms with Crippen LogP contribution in [0.15, 0.2) is 4.42 Å². The number of anilines is 1. The summed E-state index contributed by atoms with van der Waals surface area (Å²) in [6, 6.07) is 1.12. The van der Waals surface area contributed by atoms with E-state index >= 15 is 0 Å². The number of furan rings is 1. The van der Waals surface area contributed by atoms with Crippen LogP contribution in [0.3, 0.4) is 0 Å². The minimum Gasteiger partial charge on any atom is -0.480 e. The molecule has 1 unspecified atom stereocenters. The molecule has 1 rings (SSSR count). The van der Waals surface area contributed by atoms with Crippen LogP contribution in [0.25, 0.3) is 0 Å². The number of nitrogens with zero attached hydrogens (tertiary/aromatic N) is 1. The van der Waals surface area contributed by atoms with E-state index < -0.39 is 17.9 Å². The Kier molecular flexibility index (Phi) is 4.67. The van der Waals surface area contributed by atoms with E-state index in [1.54, 1.807) is 13.8 Å². The van der Waals surface area contributed by atoms with Crippen LogP contribution in [-0.2, 0) is 9.59 Å². The van der Waals surface area contributed by atoms with E-state index in [0.717, 1.165) is 0 Å². The van der Waals surface area contributed by atoms with Gasteiger partial charge >= 0.3 is 5.97 Å². The van der Waals surface area contributed by atoms with Crippen LogP contribution in [0, 0.1) is 25.2 Å². The Morgan fingerprint density at radius 2 is 2.11 bits per heavy atom. The number of aliphatic carboxylic acids is 1. The number of hydrogen-bond acceptors (Lipinski definition) is 5. The molecular formula is C12H15N3O4. The van der Waals surface area contributed by atoms with Gasteiger partial charge in [-0.05, 0) is 20.8 Å². The van der Waals surface area contributed by atoms with Crippen LogP contribution in [0.4, 0.5) is 5.88 Å². The van der Waals surface area contributed by atoms with Crippen molar-refractivity contribution < 1.29 is 19.1 Å². The zero-order valence-electron chi connectivity index (χ0n) is 10.9. The van der Waals surface area contributed by atoms with E-state index in [0.29, 0.717) is 11.3 Å². The molecule has 0 aliphatic heterocycles. The maximum atomic E-state index is 11.6. The molecule has 102 valence electrons. The summed E-state index contributed by atoms with van der Waals surface area (Å²) in [6.07, 6.45) is 0. The monoisotopic (exact) mass is 265 g/mol. The number of carboxylic acid groups (broad SMARTS) is 1. The van der Waals surface area contributed by atoms with Gasteiger partial charge in [-0.15, -0.1) is 0 Å². The minimum absolute atomic E-state index is 0.0901. The quantitative estimate of drug-likeness (QED) is 0.724. The summed E-state index contributed by atoms with van der Waals surface area (Å²) >= 11 is 0. The lowest BCUT2D eigenvalue weighted by Crippen LogP contribution is -2.39. The zero-order chi connectivity index (χ0) is 14.6. The first-order valence-electron chi connectivity index (χ1n) is 5.63.